The molecule has 35 heavy (non-hydrogen) atoms. The van der Waals surface area contributed by atoms with Crippen LogP contribution in [0.25, 0.3) is 0 Å². The number of thiol groups is 1. The van der Waals surface area contributed by atoms with Crippen LogP contribution in [0.5, 0.6) is 0 Å². The maximum atomic E-state index is 10.5. The van der Waals surface area contributed by atoms with E-state index >= 15 is 0 Å². The minimum absolute atomic E-state index is 0.00981. The van der Waals surface area contributed by atoms with Gasteiger partial charge in [0, 0.05) is 5.75 Å². The molecule has 0 radical (unpaired) electrons. The third-order valence-electron chi connectivity index (χ3n) is 5.45. The Hall–Kier alpha value is -0.210. The largest absolute Gasteiger partial charge is 0.394 e. The van der Waals surface area contributed by atoms with Gasteiger partial charge in [-0.1, -0.05) is 0 Å². The summed E-state index contributed by atoms with van der Waals surface area (Å²) in [6.45, 7) is 0.968. The van der Waals surface area contributed by atoms with E-state index in [1.165, 1.54) is 0 Å². The van der Waals surface area contributed by atoms with Crippen LogP contribution in [0.1, 0.15) is 0 Å². The van der Waals surface area contributed by atoms with Gasteiger partial charge in [0.2, 0.25) is 0 Å². The molecule has 2 heterocycles. The summed E-state index contributed by atoms with van der Waals surface area (Å²) in [5.41, 5.74) is 0. The summed E-state index contributed by atoms with van der Waals surface area (Å²) in [5.74, 6) is 0.643. The van der Waals surface area contributed by atoms with Crippen molar-refractivity contribution >= 4 is 12.6 Å². The molecule has 208 valence electrons. The van der Waals surface area contributed by atoms with E-state index in [2.05, 4.69) is 12.6 Å². The Morgan fingerprint density at radius 1 is 0.571 bits per heavy atom. The quantitative estimate of drug-likeness (QED) is 0.0695. The lowest BCUT2D eigenvalue weighted by Gasteiger charge is -2.45. The van der Waals surface area contributed by atoms with Gasteiger partial charge < -0.3 is 68.9 Å². The highest BCUT2D eigenvalue weighted by molar-refractivity contribution is 7.80. The molecule has 0 aromatic heterocycles. The van der Waals surface area contributed by atoms with Crippen LogP contribution in [0.2, 0.25) is 0 Å². The molecule has 2 fully saturated rings. The first-order chi connectivity index (χ1) is 16.8. The lowest BCUT2D eigenvalue weighted by Crippen LogP contribution is -2.64. The molecule has 14 nitrogen and oxygen atoms in total. The average molecular weight is 535 g/mol. The van der Waals surface area contributed by atoms with Gasteiger partial charge in [0.15, 0.2) is 12.6 Å². The summed E-state index contributed by atoms with van der Waals surface area (Å²) in [7, 11) is 0. The normalized spacial score (nSPS) is 38.1. The van der Waals surface area contributed by atoms with Crippen molar-refractivity contribution in [3.63, 3.8) is 0 Å². The predicted octanol–water partition coefficient (Wildman–Crippen LogP) is -4.39. The second-order valence-electron chi connectivity index (χ2n) is 7.94. The summed E-state index contributed by atoms with van der Waals surface area (Å²) in [5, 5.41) is 69.8. The summed E-state index contributed by atoms with van der Waals surface area (Å²) < 4.78 is 37.5. The molecule has 0 aromatic rings. The monoisotopic (exact) mass is 534 g/mol. The Labute approximate surface area is 208 Å². The highest BCUT2D eigenvalue weighted by atomic mass is 32.1. The molecule has 0 aliphatic carbocycles. The topological polar surface area (TPSA) is 206 Å². The van der Waals surface area contributed by atoms with Crippen LogP contribution in [-0.4, -0.2) is 162 Å². The first-order valence-corrected chi connectivity index (χ1v) is 12.0. The zero-order valence-electron chi connectivity index (χ0n) is 19.3. The summed E-state index contributed by atoms with van der Waals surface area (Å²) in [6.07, 6.45) is -14.9. The molecule has 0 spiro atoms. The molecular weight excluding hydrogens is 496 g/mol. The standard InChI is InChI=1S/C20H38O14S/c21-9-11-13(23)14(24)16(26)20(32-11)34-18-12(10-22)33-19(17(27)15(18)25)31-6-5-29-2-1-28-3-4-30-7-8-35/h11-27,35H,1-10H2/t11-,12-,13+,14+,15-,16-,17-,18-,19-,20+/m1/s1. The average Bonchev–Trinajstić information content (AvgIpc) is 2.86. The second-order valence-corrected chi connectivity index (χ2v) is 8.38. The van der Waals surface area contributed by atoms with Crippen LogP contribution in [0.4, 0.5) is 0 Å². The van der Waals surface area contributed by atoms with Gasteiger partial charge in [-0.25, -0.2) is 0 Å². The van der Waals surface area contributed by atoms with E-state index in [4.69, 9.17) is 33.2 Å². The van der Waals surface area contributed by atoms with Crippen molar-refractivity contribution in [1.29, 1.82) is 0 Å². The first-order valence-electron chi connectivity index (χ1n) is 11.4. The number of aliphatic hydroxyl groups is 7. The molecule has 15 heteroatoms. The minimum atomic E-state index is -1.73. The van der Waals surface area contributed by atoms with Crippen molar-refractivity contribution < 1.29 is 68.9 Å². The molecule has 0 saturated carbocycles. The third-order valence-corrected chi connectivity index (χ3v) is 5.63. The number of hydrogen-bond donors (Lipinski definition) is 8. The van der Waals surface area contributed by atoms with Gasteiger partial charge in [0.05, 0.1) is 59.5 Å². The van der Waals surface area contributed by atoms with E-state index < -0.39 is 74.6 Å². The summed E-state index contributed by atoms with van der Waals surface area (Å²) in [6, 6.07) is 0. The summed E-state index contributed by atoms with van der Waals surface area (Å²) in [4.78, 5) is 0. The van der Waals surface area contributed by atoms with Crippen molar-refractivity contribution in [1.82, 2.24) is 0 Å². The molecular formula is C20H38O14S. The molecule has 0 unspecified atom stereocenters. The Bertz CT molecular complexity index is 558. The van der Waals surface area contributed by atoms with Crippen molar-refractivity contribution in [2.24, 2.45) is 0 Å². The highest BCUT2D eigenvalue weighted by Gasteiger charge is 2.50. The highest BCUT2D eigenvalue weighted by Crippen LogP contribution is 2.29. The van der Waals surface area contributed by atoms with Crippen molar-refractivity contribution in [3.05, 3.63) is 0 Å². The lowest BCUT2D eigenvalue weighted by atomic mass is 9.97. The van der Waals surface area contributed by atoms with Gasteiger partial charge in [-0.2, -0.15) is 12.6 Å². The molecule has 2 aliphatic rings. The minimum Gasteiger partial charge on any atom is -0.394 e. The Kier molecular flexibility index (Phi) is 14.7. The summed E-state index contributed by atoms with van der Waals surface area (Å²) >= 11 is 4.02. The second kappa shape index (κ2) is 16.6. The SMILES string of the molecule is OC[C@H]1O[C@@H](O[C@H]2[C@H](O)[C@@H](O)[C@H](OCCOCCOCCOCCS)O[C@@H]2CO)[C@H](O)[C@@H](O)[C@H]1O. The predicted molar refractivity (Wildman–Crippen MR) is 119 cm³/mol. The molecule has 7 N–H and O–H groups in total. The van der Waals surface area contributed by atoms with Gasteiger partial charge in [0.1, 0.15) is 48.8 Å². The van der Waals surface area contributed by atoms with Crippen LogP contribution in [0.3, 0.4) is 0 Å². The Morgan fingerprint density at radius 2 is 1.09 bits per heavy atom. The smallest absolute Gasteiger partial charge is 0.187 e. The van der Waals surface area contributed by atoms with Crippen molar-refractivity contribution in [2.75, 3.05) is 65.2 Å². The third kappa shape index (κ3) is 9.24. The van der Waals surface area contributed by atoms with E-state index in [1.807, 2.05) is 0 Å². The zero-order chi connectivity index (χ0) is 25.8. The van der Waals surface area contributed by atoms with Crippen molar-refractivity contribution in [2.45, 2.75) is 61.4 Å². The van der Waals surface area contributed by atoms with Crippen LogP contribution in [0, 0.1) is 0 Å². The molecule has 10 atom stereocenters. The van der Waals surface area contributed by atoms with E-state index in [0.29, 0.717) is 38.8 Å². The van der Waals surface area contributed by atoms with E-state index in [1.54, 1.807) is 0 Å². The number of hydrogen-bond acceptors (Lipinski definition) is 15. The van der Waals surface area contributed by atoms with Crippen LogP contribution in [-0.2, 0) is 33.2 Å². The van der Waals surface area contributed by atoms with Crippen LogP contribution >= 0.6 is 12.6 Å². The van der Waals surface area contributed by atoms with Gasteiger partial charge in [-0.05, 0) is 0 Å². The maximum absolute atomic E-state index is 10.5. The number of ether oxygens (including phenoxy) is 7. The van der Waals surface area contributed by atoms with Crippen LogP contribution in [0.15, 0.2) is 0 Å². The molecule has 0 aromatic carbocycles. The first kappa shape index (κ1) is 31.0. The molecule has 2 aliphatic heterocycles. The lowest BCUT2D eigenvalue weighted by molar-refractivity contribution is -0.359. The zero-order valence-corrected chi connectivity index (χ0v) is 20.2. The molecule has 0 bridgehead atoms. The van der Waals surface area contributed by atoms with Crippen molar-refractivity contribution in [3.8, 4) is 0 Å². The number of rotatable bonds is 16. The maximum Gasteiger partial charge on any atom is 0.187 e. The Balaban J connectivity index is 1.74. The van der Waals surface area contributed by atoms with Gasteiger partial charge in [-0.3, -0.25) is 0 Å². The molecule has 0 amide bonds. The van der Waals surface area contributed by atoms with E-state index in [-0.39, 0.29) is 13.2 Å². The van der Waals surface area contributed by atoms with Gasteiger partial charge in [0.25, 0.3) is 0 Å². The molecule has 2 rings (SSSR count). The fraction of sp³-hybridized carbons (Fsp3) is 1.00. The van der Waals surface area contributed by atoms with E-state index in [0.717, 1.165) is 0 Å². The van der Waals surface area contributed by atoms with E-state index in [9.17, 15) is 35.7 Å². The molecule has 2 saturated heterocycles. The Morgan fingerprint density at radius 3 is 1.66 bits per heavy atom. The van der Waals surface area contributed by atoms with Gasteiger partial charge >= 0.3 is 0 Å². The fourth-order valence-electron chi connectivity index (χ4n) is 3.52. The van der Waals surface area contributed by atoms with Crippen LogP contribution < -0.4 is 0 Å². The fourth-order valence-corrected chi connectivity index (χ4v) is 3.65. The number of aliphatic hydroxyl groups excluding tert-OH is 7. The van der Waals surface area contributed by atoms with Gasteiger partial charge in [-0.15, -0.1) is 0 Å².